The van der Waals surface area contributed by atoms with E-state index in [1.54, 1.807) is 6.07 Å². The van der Waals surface area contributed by atoms with Crippen LogP contribution in [0.4, 0.5) is 4.39 Å². The van der Waals surface area contributed by atoms with Gasteiger partial charge >= 0.3 is 5.97 Å². The summed E-state index contributed by atoms with van der Waals surface area (Å²) in [6.07, 6.45) is 3.54. The van der Waals surface area contributed by atoms with Gasteiger partial charge in [0.05, 0.1) is 7.11 Å². The molecule has 0 spiro atoms. The molecule has 0 radical (unpaired) electrons. The summed E-state index contributed by atoms with van der Waals surface area (Å²) in [5.74, 6) is -2.00. The molecule has 0 unspecified atom stereocenters. The number of thiophene rings is 1. The number of esters is 1. The lowest BCUT2D eigenvalue weighted by molar-refractivity contribution is -0.134. The Bertz CT molecular complexity index is 1150. The number of carbonyl (C=O) groups is 2. The Hall–Kier alpha value is -2.08. The van der Waals surface area contributed by atoms with Crippen molar-refractivity contribution in [2.24, 2.45) is 5.73 Å². The average molecular weight is 484 g/mol. The number of amides is 1. The molecule has 0 saturated carbocycles. The number of likely N-dealkylation sites (tertiary alicyclic amines) is 1. The van der Waals surface area contributed by atoms with E-state index < -0.39 is 33.3 Å². The summed E-state index contributed by atoms with van der Waals surface area (Å²) >= 11 is 0.886. The van der Waals surface area contributed by atoms with Gasteiger partial charge in [0.15, 0.2) is 0 Å². The first kappa shape index (κ1) is 23.1. The van der Waals surface area contributed by atoms with Crippen LogP contribution >= 0.6 is 11.3 Å². The molecular weight excluding hydrogens is 457 g/mol. The van der Waals surface area contributed by atoms with Gasteiger partial charge in [-0.15, -0.1) is 11.3 Å². The highest BCUT2D eigenvalue weighted by Crippen LogP contribution is 2.40. The zero-order valence-electron chi connectivity index (χ0n) is 17.8. The van der Waals surface area contributed by atoms with Crippen LogP contribution in [0.5, 0.6) is 0 Å². The van der Waals surface area contributed by atoms with Crippen LogP contribution in [0.25, 0.3) is 10.1 Å². The number of fused-ring (bicyclic) bond motifs is 1. The molecule has 0 bridgehead atoms. The first-order chi connectivity index (χ1) is 15.2. The zero-order valence-corrected chi connectivity index (χ0v) is 19.4. The molecule has 1 aromatic carbocycles. The largest absolute Gasteiger partial charge is 0.465 e. The van der Waals surface area contributed by atoms with Gasteiger partial charge in [0, 0.05) is 23.2 Å². The van der Waals surface area contributed by atoms with Crippen molar-refractivity contribution in [3.8, 4) is 0 Å². The predicted octanol–water partition coefficient (Wildman–Crippen LogP) is 2.32. The van der Waals surface area contributed by atoms with Crippen LogP contribution in [0.15, 0.2) is 23.1 Å². The minimum Gasteiger partial charge on any atom is -0.465 e. The molecule has 174 valence electrons. The summed E-state index contributed by atoms with van der Waals surface area (Å²) in [5.41, 5.74) is 4.91. The van der Waals surface area contributed by atoms with E-state index in [9.17, 15) is 22.4 Å². The summed E-state index contributed by atoms with van der Waals surface area (Å²) in [6.45, 7) is 1.60. The second-order valence-electron chi connectivity index (χ2n) is 8.21. The molecule has 2 aliphatic rings. The SMILES string of the molecule is COC(=O)c1sc2cccc(F)c2c1S(=O)(=O)N1CCC(C(N)=O)(N2CCCCC2)CC1. The number of benzene rings is 1. The number of piperidine rings is 2. The number of hydrogen-bond acceptors (Lipinski definition) is 7. The van der Waals surface area contributed by atoms with Gasteiger partial charge in [-0.25, -0.2) is 17.6 Å². The number of nitrogens with two attached hydrogens (primary N) is 1. The topological polar surface area (TPSA) is 110 Å². The van der Waals surface area contributed by atoms with Crippen molar-refractivity contribution in [1.29, 1.82) is 0 Å². The lowest BCUT2D eigenvalue weighted by Crippen LogP contribution is -2.63. The van der Waals surface area contributed by atoms with Crippen LogP contribution < -0.4 is 5.73 Å². The zero-order chi connectivity index (χ0) is 23.1. The fraction of sp³-hybridized carbons (Fsp3) is 0.524. The van der Waals surface area contributed by atoms with Crippen LogP contribution in [-0.2, 0) is 19.6 Å². The number of sulfonamides is 1. The molecule has 2 fully saturated rings. The van der Waals surface area contributed by atoms with Crippen molar-refractivity contribution in [3.63, 3.8) is 0 Å². The van der Waals surface area contributed by atoms with Crippen molar-refractivity contribution in [3.05, 3.63) is 28.9 Å². The number of hydrogen-bond donors (Lipinski definition) is 1. The van der Waals surface area contributed by atoms with E-state index in [2.05, 4.69) is 4.90 Å². The van der Waals surface area contributed by atoms with Gasteiger partial charge in [-0.2, -0.15) is 4.31 Å². The molecule has 2 saturated heterocycles. The summed E-state index contributed by atoms with van der Waals surface area (Å²) in [4.78, 5) is 26.4. The molecule has 2 N–H and O–H groups in total. The van der Waals surface area contributed by atoms with Crippen molar-refractivity contribution in [2.45, 2.75) is 42.5 Å². The van der Waals surface area contributed by atoms with Gasteiger partial charge < -0.3 is 10.5 Å². The minimum atomic E-state index is -4.23. The van der Waals surface area contributed by atoms with Crippen LogP contribution in [0, 0.1) is 5.82 Å². The Morgan fingerprint density at radius 2 is 1.78 bits per heavy atom. The monoisotopic (exact) mass is 483 g/mol. The molecule has 2 aromatic rings. The number of rotatable bonds is 5. The maximum Gasteiger partial charge on any atom is 0.349 e. The maximum absolute atomic E-state index is 14.7. The second kappa shape index (κ2) is 8.69. The maximum atomic E-state index is 14.7. The Morgan fingerprint density at radius 3 is 2.38 bits per heavy atom. The number of halogens is 1. The molecule has 8 nitrogen and oxygen atoms in total. The highest BCUT2D eigenvalue weighted by Gasteiger charge is 2.48. The van der Waals surface area contributed by atoms with Gasteiger partial charge in [0.1, 0.15) is 21.1 Å². The molecule has 0 atom stereocenters. The molecule has 0 aliphatic carbocycles. The van der Waals surface area contributed by atoms with Gasteiger partial charge in [0.25, 0.3) is 0 Å². The molecule has 11 heteroatoms. The third kappa shape index (κ3) is 3.70. The van der Waals surface area contributed by atoms with Gasteiger partial charge in [-0.3, -0.25) is 9.69 Å². The van der Waals surface area contributed by atoms with Crippen LogP contribution in [0.2, 0.25) is 0 Å². The molecule has 1 aromatic heterocycles. The van der Waals surface area contributed by atoms with E-state index in [4.69, 9.17) is 10.5 Å². The first-order valence-electron chi connectivity index (χ1n) is 10.6. The molecule has 3 heterocycles. The number of primary amides is 1. The Balaban J connectivity index is 1.71. The Labute approximate surface area is 190 Å². The van der Waals surface area contributed by atoms with Crippen molar-refractivity contribution in [1.82, 2.24) is 9.21 Å². The van der Waals surface area contributed by atoms with E-state index in [1.807, 2.05) is 0 Å². The van der Waals surface area contributed by atoms with E-state index in [0.717, 1.165) is 50.8 Å². The quantitative estimate of drug-likeness (QED) is 0.654. The Kier molecular flexibility index (Phi) is 6.27. The van der Waals surface area contributed by atoms with Crippen LogP contribution in [0.1, 0.15) is 41.8 Å². The number of methoxy groups -OCH3 is 1. The number of ether oxygens (including phenoxy) is 1. The molecular formula is C21H26FN3O5S2. The lowest BCUT2D eigenvalue weighted by Gasteiger charge is -2.47. The van der Waals surface area contributed by atoms with Gasteiger partial charge in [-0.1, -0.05) is 12.5 Å². The summed E-state index contributed by atoms with van der Waals surface area (Å²) in [5, 5.41) is -0.110. The highest BCUT2D eigenvalue weighted by molar-refractivity contribution is 7.89. The van der Waals surface area contributed by atoms with Crippen molar-refractivity contribution >= 4 is 43.3 Å². The fourth-order valence-electron chi connectivity index (χ4n) is 4.82. The number of carbonyl (C=O) groups excluding carboxylic acids is 2. The second-order valence-corrected chi connectivity index (χ2v) is 11.1. The summed E-state index contributed by atoms with van der Waals surface area (Å²) in [6, 6.07) is 4.20. The lowest BCUT2D eigenvalue weighted by atomic mass is 9.84. The molecule has 4 rings (SSSR count). The Morgan fingerprint density at radius 1 is 1.12 bits per heavy atom. The van der Waals surface area contributed by atoms with E-state index in [0.29, 0.717) is 4.70 Å². The van der Waals surface area contributed by atoms with Gasteiger partial charge in [-0.05, 0) is 50.9 Å². The van der Waals surface area contributed by atoms with Crippen LogP contribution in [-0.4, -0.2) is 68.3 Å². The first-order valence-corrected chi connectivity index (χ1v) is 12.8. The number of nitrogens with zero attached hydrogens (tertiary/aromatic N) is 2. The predicted molar refractivity (Wildman–Crippen MR) is 118 cm³/mol. The van der Waals surface area contributed by atoms with Crippen LogP contribution in [0.3, 0.4) is 0 Å². The molecule has 1 amide bonds. The van der Waals surface area contributed by atoms with E-state index in [-0.39, 0.29) is 41.1 Å². The normalized spacial score (nSPS) is 20.3. The van der Waals surface area contributed by atoms with Crippen molar-refractivity contribution in [2.75, 3.05) is 33.3 Å². The van der Waals surface area contributed by atoms with E-state index in [1.165, 1.54) is 16.4 Å². The average Bonchev–Trinajstić information content (AvgIpc) is 3.21. The van der Waals surface area contributed by atoms with E-state index >= 15 is 0 Å². The fourth-order valence-corrected chi connectivity index (χ4v) is 8.06. The molecule has 2 aliphatic heterocycles. The van der Waals surface area contributed by atoms with Crippen molar-refractivity contribution < 1.29 is 27.1 Å². The highest BCUT2D eigenvalue weighted by atomic mass is 32.2. The minimum absolute atomic E-state index is 0.0498. The standard InChI is InChI=1S/C21H26FN3O5S2/c1-30-19(26)17-18(16-14(22)6-5-7-15(16)31-17)32(28,29)25-12-8-21(9-13-25,20(23)27)24-10-3-2-4-11-24/h5-7H,2-4,8-13H2,1H3,(H2,23,27). The summed E-state index contributed by atoms with van der Waals surface area (Å²) in [7, 11) is -3.07. The third-order valence-electron chi connectivity index (χ3n) is 6.56. The van der Waals surface area contributed by atoms with Gasteiger partial charge in [0.2, 0.25) is 15.9 Å². The third-order valence-corrected chi connectivity index (χ3v) is 9.79. The molecule has 32 heavy (non-hydrogen) atoms. The smallest absolute Gasteiger partial charge is 0.349 e. The summed E-state index contributed by atoms with van der Waals surface area (Å²) < 4.78 is 48.3.